The monoisotopic (exact) mass is 474 g/mol. The predicted octanol–water partition coefficient (Wildman–Crippen LogP) is 3.62. The van der Waals surface area contributed by atoms with E-state index in [2.05, 4.69) is 15.1 Å². The Labute approximate surface area is 192 Å². The third-order valence-electron chi connectivity index (χ3n) is 4.98. The molecule has 3 aromatic rings. The summed E-state index contributed by atoms with van der Waals surface area (Å²) < 4.78 is 42.2. The van der Waals surface area contributed by atoms with Crippen LogP contribution in [0.15, 0.2) is 36.4 Å². The molecule has 1 amide bonds. The second kappa shape index (κ2) is 10.7. The molecule has 4 N–H and O–H groups in total. The lowest BCUT2D eigenvalue weighted by Crippen LogP contribution is -2.23. The molecule has 0 spiro atoms. The molecule has 2 aromatic carbocycles. The Morgan fingerprint density at radius 2 is 2.03 bits per heavy atom. The van der Waals surface area contributed by atoms with Crippen LogP contribution in [-0.4, -0.2) is 28.5 Å². The number of nitrogens with two attached hydrogens (primary N) is 1. The second-order valence-corrected chi connectivity index (χ2v) is 7.28. The number of fused-ring (bicyclic) bond motifs is 1. The number of amides is 1. The van der Waals surface area contributed by atoms with Crippen LogP contribution in [0, 0.1) is 11.3 Å². The number of halogens is 3. The summed E-state index contributed by atoms with van der Waals surface area (Å²) >= 11 is 0. The average Bonchev–Trinajstić information content (AvgIpc) is 3.14. The number of alkyl halides is 3. The van der Waals surface area contributed by atoms with E-state index >= 15 is 0 Å². The number of benzene rings is 2. The summed E-state index contributed by atoms with van der Waals surface area (Å²) in [5.74, 6) is -0.424. The van der Waals surface area contributed by atoms with Crippen LogP contribution in [0.1, 0.15) is 40.7 Å². The minimum Gasteiger partial charge on any atom is -0.344 e. The fourth-order valence-corrected chi connectivity index (χ4v) is 3.41. The first-order valence-corrected chi connectivity index (χ1v) is 10.3. The molecule has 0 atom stereocenters. The summed E-state index contributed by atoms with van der Waals surface area (Å²) in [5.41, 5.74) is 6.95. The van der Waals surface area contributed by atoms with Crippen LogP contribution in [0.3, 0.4) is 0 Å². The summed E-state index contributed by atoms with van der Waals surface area (Å²) in [7, 11) is 0. The maximum atomic E-state index is 13.5. The van der Waals surface area contributed by atoms with E-state index in [0.29, 0.717) is 25.2 Å². The first-order valence-electron chi connectivity index (χ1n) is 10.3. The molecule has 0 saturated carbocycles. The Morgan fingerprint density at radius 3 is 2.71 bits per heavy atom. The number of anilines is 2. The Balaban J connectivity index is 2.03. The highest BCUT2D eigenvalue weighted by molar-refractivity contribution is 5.95. The summed E-state index contributed by atoms with van der Waals surface area (Å²) in [6, 6.07) is 9.78. The first kappa shape index (κ1) is 24.5. The van der Waals surface area contributed by atoms with Gasteiger partial charge in [-0.3, -0.25) is 9.59 Å². The zero-order valence-electron chi connectivity index (χ0n) is 17.9. The van der Waals surface area contributed by atoms with Gasteiger partial charge in [0.25, 0.3) is 5.91 Å². The quantitative estimate of drug-likeness (QED) is 0.232. The van der Waals surface area contributed by atoms with E-state index < -0.39 is 23.2 Å². The van der Waals surface area contributed by atoms with Crippen LogP contribution in [0.25, 0.3) is 11.0 Å². The third-order valence-corrected chi connectivity index (χ3v) is 4.98. The lowest BCUT2D eigenvalue weighted by molar-refractivity contribution is -0.137. The van der Waals surface area contributed by atoms with Crippen molar-refractivity contribution < 1.29 is 27.6 Å². The van der Waals surface area contributed by atoms with E-state index in [1.54, 1.807) is 22.8 Å². The van der Waals surface area contributed by atoms with Crippen LogP contribution >= 0.6 is 0 Å². The van der Waals surface area contributed by atoms with E-state index in [1.807, 2.05) is 5.48 Å². The van der Waals surface area contributed by atoms with E-state index in [-0.39, 0.29) is 29.0 Å². The molecule has 3 rings (SSSR count). The minimum absolute atomic E-state index is 0.0672. The number of hydrogen-bond donors (Lipinski definition) is 3. The lowest BCUT2D eigenvalue weighted by Gasteiger charge is -2.13. The van der Waals surface area contributed by atoms with Crippen LogP contribution in [0.4, 0.5) is 24.8 Å². The van der Waals surface area contributed by atoms with Crippen LogP contribution in [0.2, 0.25) is 0 Å². The van der Waals surface area contributed by atoms with E-state index in [4.69, 9.17) is 5.73 Å². The molecule has 0 fully saturated rings. The molecule has 0 radical (unpaired) electrons. The van der Waals surface area contributed by atoms with Gasteiger partial charge in [-0.15, -0.1) is 0 Å². The van der Waals surface area contributed by atoms with Crippen molar-refractivity contribution in [2.24, 2.45) is 5.73 Å². The molecular formula is C22H21F3N6O3. The van der Waals surface area contributed by atoms with Crippen molar-refractivity contribution in [1.82, 2.24) is 15.0 Å². The summed E-state index contributed by atoms with van der Waals surface area (Å²) in [6.45, 7) is 0.926. The van der Waals surface area contributed by atoms with Crippen molar-refractivity contribution in [3.8, 4) is 6.07 Å². The predicted molar refractivity (Wildman–Crippen MR) is 117 cm³/mol. The molecule has 1 heterocycles. The highest BCUT2D eigenvalue weighted by Crippen LogP contribution is 2.35. The van der Waals surface area contributed by atoms with Gasteiger partial charge in [0.15, 0.2) is 0 Å². The smallest absolute Gasteiger partial charge is 0.344 e. The topological polar surface area (TPSA) is 135 Å². The Kier molecular flexibility index (Phi) is 7.70. The highest BCUT2D eigenvalue weighted by atomic mass is 19.4. The molecule has 12 heteroatoms. The molecule has 0 aliphatic rings. The number of carbonyl (C=O) groups is 2. The number of rotatable bonds is 10. The highest BCUT2D eigenvalue weighted by Gasteiger charge is 2.34. The standard InChI is InChI=1S/C22H21F3N6O3/c23-22(24,25)17-11-19-18(10-15(17)12-27)29-21(31(19)8-3-1-2-7-26)28-16-6-4-5-14(9-16)20(33)30-34-13-32/h4-6,9-11,13H,1-3,7-8,26H2,(H,28,29)(H,30,33). The van der Waals surface area contributed by atoms with Gasteiger partial charge in [-0.25, -0.2) is 4.98 Å². The number of carbonyl (C=O) groups excluding carboxylic acids is 2. The van der Waals surface area contributed by atoms with Gasteiger partial charge in [0.2, 0.25) is 5.95 Å². The van der Waals surface area contributed by atoms with Crippen molar-refractivity contribution in [2.75, 3.05) is 11.9 Å². The molecule has 1 aromatic heterocycles. The van der Waals surface area contributed by atoms with Gasteiger partial charge in [0.1, 0.15) is 0 Å². The number of hydrogen-bond acceptors (Lipinski definition) is 7. The van der Waals surface area contributed by atoms with Crippen LogP contribution in [-0.2, 0) is 22.4 Å². The third kappa shape index (κ3) is 5.62. The number of aromatic nitrogens is 2. The Hall–Kier alpha value is -4.11. The second-order valence-electron chi connectivity index (χ2n) is 7.28. The van der Waals surface area contributed by atoms with Crippen LogP contribution in [0.5, 0.6) is 0 Å². The molecule has 0 saturated heterocycles. The van der Waals surface area contributed by atoms with Gasteiger partial charge in [0.05, 0.1) is 28.2 Å². The van der Waals surface area contributed by atoms with Gasteiger partial charge in [-0.2, -0.15) is 23.9 Å². The van der Waals surface area contributed by atoms with Gasteiger partial charge in [-0.1, -0.05) is 12.5 Å². The van der Waals surface area contributed by atoms with Crippen molar-refractivity contribution in [3.05, 3.63) is 53.1 Å². The average molecular weight is 474 g/mol. The van der Waals surface area contributed by atoms with E-state index in [9.17, 15) is 28.0 Å². The zero-order valence-corrected chi connectivity index (χ0v) is 17.9. The largest absolute Gasteiger partial charge is 0.417 e. The normalized spacial score (nSPS) is 11.1. The maximum absolute atomic E-state index is 13.5. The molecule has 0 aliphatic heterocycles. The molecule has 0 bridgehead atoms. The summed E-state index contributed by atoms with van der Waals surface area (Å²) in [4.78, 5) is 30.9. The molecule has 34 heavy (non-hydrogen) atoms. The fraction of sp³-hybridized carbons (Fsp3) is 0.273. The van der Waals surface area contributed by atoms with E-state index in [0.717, 1.165) is 25.0 Å². The van der Waals surface area contributed by atoms with Crippen molar-refractivity contribution in [3.63, 3.8) is 0 Å². The zero-order chi connectivity index (χ0) is 24.7. The first-order chi connectivity index (χ1) is 16.3. The number of aryl methyl sites for hydroxylation is 1. The van der Waals surface area contributed by atoms with E-state index in [1.165, 1.54) is 12.1 Å². The SMILES string of the molecule is N#Cc1cc2nc(Nc3cccc(C(=O)NOC=O)c3)n(CCCCCN)c2cc1C(F)(F)F. The van der Waals surface area contributed by atoms with Crippen molar-refractivity contribution in [1.29, 1.82) is 5.26 Å². The Bertz CT molecular complexity index is 1230. The van der Waals surface area contributed by atoms with Gasteiger partial charge >= 0.3 is 12.6 Å². The van der Waals surface area contributed by atoms with Crippen LogP contribution < -0.4 is 16.5 Å². The number of nitrogens with one attached hydrogen (secondary N) is 2. The van der Waals surface area contributed by atoms with Crippen molar-refractivity contribution >= 4 is 35.0 Å². The number of nitriles is 1. The van der Waals surface area contributed by atoms with Gasteiger partial charge in [0, 0.05) is 17.8 Å². The molecule has 9 nitrogen and oxygen atoms in total. The minimum atomic E-state index is -4.70. The fourth-order valence-electron chi connectivity index (χ4n) is 3.41. The lowest BCUT2D eigenvalue weighted by atomic mass is 10.1. The number of imidazole rings is 1. The van der Waals surface area contributed by atoms with Crippen molar-refractivity contribution in [2.45, 2.75) is 32.0 Å². The molecule has 0 unspecified atom stereocenters. The summed E-state index contributed by atoms with van der Waals surface area (Å²) in [5, 5.41) is 12.2. The van der Waals surface area contributed by atoms with Gasteiger partial charge in [-0.05, 0) is 49.7 Å². The molecule has 178 valence electrons. The molecule has 0 aliphatic carbocycles. The summed E-state index contributed by atoms with van der Waals surface area (Å²) in [6.07, 6.45) is -2.52. The number of unbranched alkanes of at least 4 members (excludes halogenated alkanes) is 2. The number of hydroxylamine groups is 1. The maximum Gasteiger partial charge on any atom is 0.417 e. The number of nitrogens with zero attached hydrogens (tertiary/aromatic N) is 3. The van der Waals surface area contributed by atoms with Gasteiger partial charge < -0.3 is 20.5 Å². The Morgan fingerprint density at radius 1 is 1.24 bits per heavy atom. The molecular weight excluding hydrogens is 453 g/mol.